The number of amides is 1. The van der Waals surface area contributed by atoms with Crippen LogP contribution in [-0.4, -0.2) is 12.2 Å². The first-order valence-electron chi connectivity index (χ1n) is 7.74. The fraction of sp³-hybridized carbons (Fsp3) is 0.0476. The third kappa shape index (κ3) is 3.41. The molecule has 0 saturated heterocycles. The average molecular weight is 315 g/mol. The maximum absolute atomic E-state index is 13.0. The molecule has 0 bridgehead atoms. The van der Waals surface area contributed by atoms with Crippen molar-refractivity contribution in [3.05, 3.63) is 102 Å². The van der Waals surface area contributed by atoms with Gasteiger partial charge in [-0.2, -0.15) is 0 Å². The van der Waals surface area contributed by atoms with Crippen LogP contribution in [0.2, 0.25) is 0 Å². The van der Waals surface area contributed by atoms with Gasteiger partial charge in [-0.05, 0) is 29.8 Å². The fourth-order valence-corrected chi connectivity index (χ4v) is 2.60. The van der Waals surface area contributed by atoms with Crippen molar-refractivity contribution < 1.29 is 9.59 Å². The van der Waals surface area contributed by atoms with E-state index in [0.29, 0.717) is 23.4 Å². The molecule has 0 unspecified atom stereocenters. The van der Waals surface area contributed by atoms with Crippen LogP contribution in [0.5, 0.6) is 0 Å². The molecule has 0 aliphatic heterocycles. The summed E-state index contributed by atoms with van der Waals surface area (Å²) < 4.78 is 0. The van der Waals surface area contributed by atoms with Crippen molar-refractivity contribution in [1.82, 2.24) is 0 Å². The van der Waals surface area contributed by atoms with Crippen molar-refractivity contribution in [3.8, 4) is 0 Å². The summed E-state index contributed by atoms with van der Waals surface area (Å²) in [5.74, 6) is -0.131. The Morgan fingerprint density at radius 3 is 2.04 bits per heavy atom. The predicted octanol–water partition coefficient (Wildman–Crippen LogP) is 4.35. The van der Waals surface area contributed by atoms with Crippen molar-refractivity contribution in [2.75, 3.05) is 4.90 Å². The van der Waals surface area contributed by atoms with E-state index in [0.717, 1.165) is 11.8 Å². The molecule has 0 fully saturated rings. The highest BCUT2D eigenvalue weighted by molar-refractivity contribution is 6.08. The lowest BCUT2D eigenvalue weighted by atomic mass is 10.1. The van der Waals surface area contributed by atoms with Gasteiger partial charge in [0, 0.05) is 11.1 Å². The van der Waals surface area contributed by atoms with E-state index in [9.17, 15) is 9.59 Å². The van der Waals surface area contributed by atoms with Crippen molar-refractivity contribution >= 4 is 17.9 Å². The predicted molar refractivity (Wildman–Crippen MR) is 95.2 cm³/mol. The lowest BCUT2D eigenvalue weighted by Crippen LogP contribution is -2.31. The largest absolute Gasteiger partial charge is 0.303 e. The third-order valence-electron chi connectivity index (χ3n) is 3.80. The Morgan fingerprint density at radius 2 is 1.38 bits per heavy atom. The lowest BCUT2D eigenvalue weighted by molar-refractivity contribution is 0.0985. The van der Waals surface area contributed by atoms with Gasteiger partial charge in [0.05, 0.1) is 12.2 Å². The molecule has 3 nitrogen and oxygen atoms in total. The highest BCUT2D eigenvalue weighted by Crippen LogP contribution is 2.23. The van der Waals surface area contributed by atoms with Gasteiger partial charge in [0.15, 0.2) is 6.29 Å². The average Bonchev–Trinajstić information content (AvgIpc) is 2.67. The van der Waals surface area contributed by atoms with Gasteiger partial charge >= 0.3 is 0 Å². The summed E-state index contributed by atoms with van der Waals surface area (Å²) in [4.78, 5) is 26.1. The molecule has 3 aromatic rings. The number of para-hydroxylation sites is 1. The van der Waals surface area contributed by atoms with Crippen LogP contribution >= 0.6 is 0 Å². The van der Waals surface area contributed by atoms with Crippen molar-refractivity contribution in [2.24, 2.45) is 0 Å². The van der Waals surface area contributed by atoms with E-state index in [4.69, 9.17) is 0 Å². The van der Waals surface area contributed by atoms with E-state index in [-0.39, 0.29) is 5.91 Å². The van der Waals surface area contributed by atoms with Crippen LogP contribution < -0.4 is 4.90 Å². The third-order valence-corrected chi connectivity index (χ3v) is 3.80. The van der Waals surface area contributed by atoms with Gasteiger partial charge in [-0.15, -0.1) is 0 Å². The van der Waals surface area contributed by atoms with Gasteiger partial charge in [-0.25, -0.2) is 0 Å². The normalized spacial score (nSPS) is 10.2. The second kappa shape index (κ2) is 7.38. The summed E-state index contributed by atoms with van der Waals surface area (Å²) in [5, 5.41) is 0. The second-order valence-electron chi connectivity index (χ2n) is 5.42. The summed E-state index contributed by atoms with van der Waals surface area (Å²) in [6.45, 7) is 0.402. The molecule has 118 valence electrons. The van der Waals surface area contributed by atoms with Gasteiger partial charge in [-0.3, -0.25) is 9.59 Å². The molecule has 0 aliphatic rings. The Hall–Kier alpha value is -3.20. The molecule has 0 N–H and O–H groups in total. The fourth-order valence-electron chi connectivity index (χ4n) is 2.60. The number of carbonyl (C=O) groups excluding carboxylic acids is 2. The maximum atomic E-state index is 13.0. The Balaban J connectivity index is 2.03. The Bertz CT molecular complexity index is 829. The lowest BCUT2D eigenvalue weighted by Gasteiger charge is -2.24. The molecule has 0 aliphatic carbocycles. The number of anilines is 1. The van der Waals surface area contributed by atoms with E-state index in [1.165, 1.54) is 0 Å². The molecule has 0 heterocycles. The van der Waals surface area contributed by atoms with Crippen LogP contribution in [0.25, 0.3) is 0 Å². The van der Waals surface area contributed by atoms with E-state index in [1.54, 1.807) is 35.2 Å². The molecule has 1 amide bonds. The summed E-state index contributed by atoms with van der Waals surface area (Å²) >= 11 is 0. The first kappa shape index (κ1) is 15.7. The zero-order chi connectivity index (χ0) is 16.8. The molecule has 24 heavy (non-hydrogen) atoms. The first-order valence-corrected chi connectivity index (χ1v) is 7.74. The Morgan fingerprint density at radius 1 is 0.792 bits per heavy atom. The molecule has 3 aromatic carbocycles. The zero-order valence-corrected chi connectivity index (χ0v) is 13.1. The Labute approximate surface area is 141 Å². The summed E-state index contributed by atoms with van der Waals surface area (Å²) in [5.41, 5.74) is 2.71. The molecule has 0 radical (unpaired) electrons. The number of benzene rings is 3. The van der Waals surface area contributed by atoms with Crippen molar-refractivity contribution in [3.63, 3.8) is 0 Å². The van der Waals surface area contributed by atoms with E-state index >= 15 is 0 Å². The molecular formula is C21H17NO2. The van der Waals surface area contributed by atoms with Crippen LogP contribution in [0, 0.1) is 0 Å². The number of carbonyl (C=O) groups is 2. The van der Waals surface area contributed by atoms with Crippen LogP contribution in [0.15, 0.2) is 84.9 Å². The topological polar surface area (TPSA) is 37.4 Å². The van der Waals surface area contributed by atoms with Gasteiger partial charge in [0.2, 0.25) is 0 Å². The molecule has 0 atom stereocenters. The van der Waals surface area contributed by atoms with Crippen LogP contribution in [0.3, 0.4) is 0 Å². The maximum Gasteiger partial charge on any atom is 0.258 e. The van der Waals surface area contributed by atoms with Crippen molar-refractivity contribution in [2.45, 2.75) is 6.54 Å². The SMILES string of the molecule is O=Cc1ccccc1N(Cc1ccccc1)C(=O)c1ccccc1. The van der Waals surface area contributed by atoms with E-state index in [1.807, 2.05) is 54.6 Å². The van der Waals surface area contributed by atoms with Crippen LogP contribution in [-0.2, 0) is 6.54 Å². The van der Waals surface area contributed by atoms with E-state index in [2.05, 4.69) is 0 Å². The first-order chi connectivity index (χ1) is 11.8. The quantitative estimate of drug-likeness (QED) is 0.657. The standard InChI is InChI=1S/C21H17NO2/c23-16-19-13-7-8-14-20(19)22(15-17-9-3-1-4-10-17)21(24)18-11-5-2-6-12-18/h1-14,16H,15H2. The van der Waals surface area contributed by atoms with E-state index < -0.39 is 0 Å². The summed E-state index contributed by atoms with van der Waals surface area (Å²) in [7, 11) is 0. The number of hydrogen-bond acceptors (Lipinski definition) is 2. The summed E-state index contributed by atoms with van der Waals surface area (Å²) in [6, 6.07) is 26.0. The number of hydrogen-bond donors (Lipinski definition) is 0. The smallest absolute Gasteiger partial charge is 0.258 e. The van der Waals surface area contributed by atoms with Gasteiger partial charge in [-0.1, -0.05) is 60.7 Å². The van der Waals surface area contributed by atoms with Crippen LogP contribution in [0.4, 0.5) is 5.69 Å². The zero-order valence-electron chi connectivity index (χ0n) is 13.1. The minimum absolute atomic E-state index is 0.131. The highest BCUT2D eigenvalue weighted by atomic mass is 16.2. The summed E-state index contributed by atoms with van der Waals surface area (Å²) in [6.07, 6.45) is 0.783. The highest BCUT2D eigenvalue weighted by Gasteiger charge is 2.20. The molecule has 0 spiro atoms. The molecule has 0 aromatic heterocycles. The molecular weight excluding hydrogens is 298 g/mol. The van der Waals surface area contributed by atoms with Gasteiger partial charge in [0.1, 0.15) is 0 Å². The number of rotatable bonds is 5. The Kier molecular flexibility index (Phi) is 4.82. The molecule has 0 saturated carbocycles. The minimum Gasteiger partial charge on any atom is -0.303 e. The van der Waals surface area contributed by atoms with Crippen LogP contribution in [0.1, 0.15) is 26.3 Å². The van der Waals surface area contributed by atoms with Gasteiger partial charge < -0.3 is 4.90 Å². The van der Waals surface area contributed by atoms with Crippen molar-refractivity contribution in [1.29, 1.82) is 0 Å². The molecule has 3 rings (SSSR count). The second-order valence-corrected chi connectivity index (χ2v) is 5.42. The molecule has 3 heteroatoms. The monoisotopic (exact) mass is 315 g/mol. The minimum atomic E-state index is -0.131. The number of aldehydes is 1. The van der Waals surface area contributed by atoms with Gasteiger partial charge in [0.25, 0.3) is 5.91 Å². The number of nitrogens with zero attached hydrogens (tertiary/aromatic N) is 1.